The average Bonchev–Trinajstić information content (AvgIpc) is 2.29. The van der Waals surface area contributed by atoms with E-state index < -0.39 is 0 Å². The molecule has 0 spiro atoms. The summed E-state index contributed by atoms with van der Waals surface area (Å²) in [6, 6.07) is 0.532. The molecule has 0 aliphatic carbocycles. The molecule has 2 aliphatic rings. The zero-order chi connectivity index (χ0) is 11.5. The Hall–Kier alpha value is -0.570. The maximum atomic E-state index is 12.3. The summed E-state index contributed by atoms with van der Waals surface area (Å²) in [5.41, 5.74) is 0. The second kappa shape index (κ2) is 5.17. The van der Waals surface area contributed by atoms with Crippen LogP contribution in [0.2, 0.25) is 0 Å². The summed E-state index contributed by atoms with van der Waals surface area (Å²) in [7, 11) is 0. The fourth-order valence-electron chi connectivity index (χ4n) is 3.00. The molecule has 2 heterocycles. The number of hydrogen-bond acceptors (Lipinski definition) is 2. The largest absolute Gasteiger partial charge is 0.339 e. The maximum Gasteiger partial charge on any atom is 0.239 e. The van der Waals surface area contributed by atoms with E-state index in [1.54, 1.807) is 0 Å². The minimum atomic E-state index is 0.101. The van der Waals surface area contributed by atoms with Gasteiger partial charge in [-0.1, -0.05) is 13.3 Å². The number of amides is 1. The topological polar surface area (TPSA) is 32.3 Å². The van der Waals surface area contributed by atoms with E-state index in [9.17, 15) is 4.79 Å². The SMILES string of the molecule is CC1CCN(C(=O)[C@H]2CCCCN2)C(C)C1. The molecule has 0 bridgehead atoms. The number of carbonyl (C=O) groups excluding carboxylic acids is 1. The second-order valence-corrected chi connectivity index (χ2v) is 5.51. The van der Waals surface area contributed by atoms with Crippen LogP contribution in [0.5, 0.6) is 0 Å². The minimum Gasteiger partial charge on any atom is -0.339 e. The van der Waals surface area contributed by atoms with Crippen molar-refractivity contribution in [2.75, 3.05) is 13.1 Å². The molecule has 2 aliphatic heterocycles. The van der Waals surface area contributed by atoms with Gasteiger partial charge < -0.3 is 10.2 Å². The molecular formula is C13H24N2O. The Morgan fingerprint density at radius 3 is 2.69 bits per heavy atom. The van der Waals surface area contributed by atoms with Crippen LogP contribution < -0.4 is 5.32 Å². The summed E-state index contributed by atoms with van der Waals surface area (Å²) in [4.78, 5) is 14.4. The predicted molar refractivity (Wildman–Crippen MR) is 65.2 cm³/mol. The molecule has 1 amide bonds. The first-order valence-corrected chi connectivity index (χ1v) is 6.72. The van der Waals surface area contributed by atoms with Crippen molar-refractivity contribution >= 4 is 5.91 Å². The third kappa shape index (κ3) is 2.57. The van der Waals surface area contributed by atoms with Crippen molar-refractivity contribution in [3.05, 3.63) is 0 Å². The van der Waals surface area contributed by atoms with Crippen molar-refractivity contribution in [1.29, 1.82) is 0 Å². The van der Waals surface area contributed by atoms with Crippen LogP contribution in [0.25, 0.3) is 0 Å². The van der Waals surface area contributed by atoms with Crippen molar-refractivity contribution < 1.29 is 4.79 Å². The molecule has 0 radical (unpaired) electrons. The predicted octanol–water partition coefficient (Wildman–Crippen LogP) is 1.78. The van der Waals surface area contributed by atoms with Crippen molar-refractivity contribution in [3.8, 4) is 0 Å². The van der Waals surface area contributed by atoms with Gasteiger partial charge in [0.05, 0.1) is 6.04 Å². The Bertz CT molecular complexity index is 248. The molecule has 0 aromatic heterocycles. The average molecular weight is 224 g/mol. The van der Waals surface area contributed by atoms with Gasteiger partial charge in [0.1, 0.15) is 0 Å². The van der Waals surface area contributed by atoms with Crippen LogP contribution in [0.4, 0.5) is 0 Å². The van der Waals surface area contributed by atoms with Crippen LogP contribution in [-0.2, 0) is 4.79 Å². The Kier molecular flexibility index (Phi) is 3.85. The standard InChI is InChI=1S/C13H24N2O/c1-10-6-8-15(11(2)9-10)13(16)12-5-3-4-7-14-12/h10-12,14H,3-9H2,1-2H3/t10?,11?,12-/m1/s1. The van der Waals surface area contributed by atoms with Gasteiger partial charge in [0.25, 0.3) is 0 Å². The number of likely N-dealkylation sites (tertiary alicyclic amines) is 1. The molecule has 3 nitrogen and oxygen atoms in total. The first-order valence-electron chi connectivity index (χ1n) is 6.72. The van der Waals surface area contributed by atoms with Crippen LogP contribution in [0.15, 0.2) is 0 Å². The highest BCUT2D eigenvalue weighted by molar-refractivity contribution is 5.82. The molecular weight excluding hydrogens is 200 g/mol. The highest BCUT2D eigenvalue weighted by atomic mass is 16.2. The van der Waals surface area contributed by atoms with Crippen molar-refractivity contribution in [2.24, 2.45) is 5.92 Å². The summed E-state index contributed by atoms with van der Waals surface area (Å²) < 4.78 is 0. The molecule has 0 aromatic carbocycles. The number of nitrogens with one attached hydrogen (secondary N) is 1. The van der Waals surface area contributed by atoms with Gasteiger partial charge in [-0.05, 0) is 45.1 Å². The molecule has 16 heavy (non-hydrogen) atoms. The third-order valence-electron chi connectivity index (χ3n) is 4.03. The molecule has 0 aromatic rings. The zero-order valence-corrected chi connectivity index (χ0v) is 10.5. The van der Waals surface area contributed by atoms with Gasteiger partial charge in [-0.3, -0.25) is 4.79 Å². The lowest BCUT2D eigenvalue weighted by molar-refractivity contribution is -0.137. The fourth-order valence-corrected chi connectivity index (χ4v) is 3.00. The van der Waals surface area contributed by atoms with Gasteiger partial charge in [-0.2, -0.15) is 0 Å². The first-order chi connectivity index (χ1) is 7.68. The van der Waals surface area contributed by atoms with Gasteiger partial charge in [0.15, 0.2) is 0 Å². The minimum absolute atomic E-state index is 0.101. The molecule has 2 fully saturated rings. The molecule has 1 N–H and O–H groups in total. The van der Waals surface area contributed by atoms with Gasteiger partial charge in [0.2, 0.25) is 5.91 Å². The van der Waals surface area contributed by atoms with E-state index in [-0.39, 0.29) is 6.04 Å². The van der Waals surface area contributed by atoms with E-state index >= 15 is 0 Å². The van der Waals surface area contributed by atoms with E-state index in [2.05, 4.69) is 24.1 Å². The molecule has 3 heteroatoms. The third-order valence-corrected chi connectivity index (χ3v) is 4.03. The van der Waals surface area contributed by atoms with E-state index in [4.69, 9.17) is 0 Å². The van der Waals surface area contributed by atoms with E-state index in [1.807, 2.05) is 0 Å². The molecule has 92 valence electrons. The smallest absolute Gasteiger partial charge is 0.239 e. The molecule has 2 rings (SSSR count). The Morgan fingerprint density at radius 1 is 1.25 bits per heavy atom. The normalized spacial score (nSPS) is 36.1. The molecule has 2 unspecified atom stereocenters. The number of nitrogens with zero attached hydrogens (tertiary/aromatic N) is 1. The summed E-state index contributed by atoms with van der Waals surface area (Å²) >= 11 is 0. The maximum absolute atomic E-state index is 12.3. The lowest BCUT2D eigenvalue weighted by atomic mass is 9.92. The first kappa shape index (κ1) is 11.9. The number of rotatable bonds is 1. The van der Waals surface area contributed by atoms with Crippen LogP contribution in [-0.4, -0.2) is 36.0 Å². The molecule has 0 saturated carbocycles. The van der Waals surface area contributed by atoms with Gasteiger partial charge in [-0.25, -0.2) is 0 Å². The molecule has 2 saturated heterocycles. The lowest BCUT2D eigenvalue weighted by Crippen LogP contribution is -2.53. The monoisotopic (exact) mass is 224 g/mol. The van der Waals surface area contributed by atoms with Crippen LogP contribution in [0.1, 0.15) is 46.0 Å². The van der Waals surface area contributed by atoms with E-state index in [1.165, 1.54) is 25.7 Å². The van der Waals surface area contributed by atoms with Crippen molar-refractivity contribution in [1.82, 2.24) is 10.2 Å². The summed E-state index contributed by atoms with van der Waals surface area (Å²) in [6.45, 7) is 6.45. The highest BCUT2D eigenvalue weighted by Gasteiger charge is 2.31. The van der Waals surface area contributed by atoms with Crippen LogP contribution in [0, 0.1) is 5.92 Å². The lowest BCUT2D eigenvalue weighted by Gasteiger charge is -2.39. The highest BCUT2D eigenvalue weighted by Crippen LogP contribution is 2.23. The summed E-state index contributed by atoms with van der Waals surface area (Å²) in [5, 5.41) is 3.36. The zero-order valence-electron chi connectivity index (χ0n) is 10.5. The number of carbonyl (C=O) groups is 1. The van der Waals surface area contributed by atoms with Crippen LogP contribution >= 0.6 is 0 Å². The number of hydrogen-bond donors (Lipinski definition) is 1. The fraction of sp³-hybridized carbons (Fsp3) is 0.923. The second-order valence-electron chi connectivity index (χ2n) is 5.51. The van der Waals surface area contributed by atoms with E-state index in [0.717, 1.165) is 25.4 Å². The van der Waals surface area contributed by atoms with Gasteiger partial charge >= 0.3 is 0 Å². The Morgan fingerprint density at radius 2 is 2.06 bits per heavy atom. The summed E-state index contributed by atoms with van der Waals surface area (Å²) in [6.07, 6.45) is 5.78. The molecule has 3 atom stereocenters. The van der Waals surface area contributed by atoms with Crippen LogP contribution in [0.3, 0.4) is 0 Å². The summed E-state index contributed by atoms with van der Waals surface area (Å²) in [5.74, 6) is 1.12. The number of piperidine rings is 2. The van der Waals surface area contributed by atoms with Crippen molar-refractivity contribution in [3.63, 3.8) is 0 Å². The quantitative estimate of drug-likeness (QED) is 0.736. The van der Waals surface area contributed by atoms with Gasteiger partial charge in [-0.15, -0.1) is 0 Å². The van der Waals surface area contributed by atoms with Crippen molar-refractivity contribution in [2.45, 2.75) is 58.0 Å². The van der Waals surface area contributed by atoms with Gasteiger partial charge in [0, 0.05) is 12.6 Å². The Labute approximate surface area is 98.6 Å². The van der Waals surface area contributed by atoms with E-state index in [0.29, 0.717) is 11.9 Å². The Balaban J connectivity index is 1.92.